The van der Waals surface area contributed by atoms with Crippen LogP contribution in [0.5, 0.6) is 5.75 Å². The second kappa shape index (κ2) is 7.53. The normalized spacial score (nSPS) is 15.6. The molecule has 2 heterocycles. The molecule has 0 unspecified atom stereocenters. The van der Waals surface area contributed by atoms with E-state index in [4.69, 9.17) is 0 Å². The molecule has 24 heavy (non-hydrogen) atoms. The molecule has 1 aromatic carbocycles. The Balaban J connectivity index is 1.44. The van der Waals surface area contributed by atoms with Gasteiger partial charge in [-0.15, -0.1) is 0 Å². The molecule has 3 rings (SSSR count). The molecule has 1 N–H and O–H groups in total. The molecule has 0 spiro atoms. The van der Waals surface area contributed by atoms with E-state index in [-0.39, 0.29) is 5.91 Å². The number of aromatic hydroxyl groups is 1. The van der Waals surface area contributed by atoms with E-state index < -0.39 is 0 Å². The van der Waals surface area contributed by atoms with Gasteiger partial charge in [0, 0.05) is 58.1 Å². The lowest BCUT2D eigenvalue weighted by molar-refractivity contribution is -0.133. The van der Waals surface area contributed by atoms with Gasteiger partial charge in [0.05, 0.1) is 0 Å². The van der Waals surface area contributed by atoms with Crippen molar-refractivity contribution >= 4 is 5.91 Å². The van der Waals surface area contributed by atoms with Crippen LogP contribution in [0.25, 0.3) is 0 Å². The Kier molecular flexibility index (Phi) is 5.20. The molecule has 1 aliphatic heterocycles. The predicted molar refractivity (Wildman–Crippen MR) is 93.7 cm³/mol. The van der Waals surface area contributed by atoms with Gasteiger partial charge in [-0.2, -0.15) is 0 Å². The first-order chi connectivity index (χ1) is 11.6. The van der Waals surface area contributed by atoms with Crippen LogP contribution in [0.4, 0.5) is 0 Å². The number of benzene rings is 1. The highest BCUT2D eigenvalue weighted by Gasteiger charge is 2.21. The van der Waals surface area contributed by atoms with Crippen molar-refractivity contribution in [3.8, 4) is 5.75 Å². The molecule has 0 bridgehead atoms. The maximum absolute atomic E-state index is 12.4. The lowest BCUT2D eigenvalue weighted by Crippen LogP contribution is -2.48. The molecule has 1 saturated heterocycles. The fourth-order valence-corrected chi connectivity index (χ4v) is 3.22. The molecule has 1 aliphatic rings. The maximum Gasteiger partial charge on any atom is 0.223 e. The molecule has 0 aliphatic carbocycles. The number of carbonyl (C=O) groups excluding carboxylic acids is 1. The van der Waals surface area contributed by atoms with Crippen LogP contribution in [-0.4, -0.2) is 51.6 Å². The van der Waals surface area contributed by atoms with Gasteiger partial charge in [-0.25, -0.2) is 0 Å². The summed E-state index contributed by atoms with van der Waals surface area (Å²) in [4.78, 5) is 16.7. The number of aryl methyl sites for hydroxylation is 2. The zero-order chi connectivity index (χ0) is 16.9. The number of carbonyl (C=O) groups is 1. The fraction of sp³-hybridized carbons (Fsp3) is 0.421. The zero-order valence-corrected chi connectivity index (χ0v) is 14.2. The highest BCUT2D eigenvalue weighted by Crippen LogP contribution is 2.15. The third kappa shape index (κ3) is 4.17. The number of hydrogen-bond donors (Lipinski definition) is 1. The molecule has 1 aromatic heterocycles. The summed E-state index contributed by atoms with van der Waals surface area (Å²) in [5, 5.41) is 9.54. The molecule has 2 aromatic rings. The molecule has 5 heteroatoms. The Hall–Kier alpha value is -2.27. The number of rotatable bonds is 5. The van der Waals surface area contributed by atoms with Gasteiger partial charge in [0.25, 0.3) is 0 Å². The summed E-state index contributed by atoms with van der Waals surface area (Å²) >= 11 is 0. The minimum Gasteiger partial charge on any atom is -0.508 e. The van der Waals surface area contributed by atoms with E-state index in [2.05, 4.69) is 15.5 Å². The van der Waals surface area contributed by atoms with Crippen molar-refractivity contribution in [3.63, 3.8) is 0 Å². The van der Waals surface area contributed by atoms with Crippen LogP contribution in [0.3, 0.4) is 0 Å². The van der Waals surface area contributed by atoms with Crippen LogP contribution in [0.1, 0.15) is 17.7 Å². The quantitative estimate of drug-likeness (QED) is 0.914. The Bertz CT molecular complexity index is 687. The lowest BCUT2D eigenvalue weighted by atomic mass is 10.1. The summed E-state index contributed by atoms with van der Waals surface area (Å²) in [6.45, 7) is 4.15. The Morgan fingerprint density at radius 1 is 1.12 bits per heavy atom. The largest absolute Gasteiger partial charge is 0.508 e. The van der Waals surface area contributed by atoms with Gasteiger partial charge in [0.15, 0.2) is 0 Å². The van der Waals surface area contributed by atoms with E-state index in [0.717, 1.165) is 44.7 Å². The van der Waals surface area contributed by atoms with E-state index in [1.807, 2.05) is 36.3 Å². The smallest absolute Gasteiger partial charge is 0.223 e. The first kappa shape index (κ1) is 16.6. The molecule has 128 valence electrons. The molecule has 0 radical (unpaired) electrons. The average Bonchev–Trinajstić information content (AvgIpc) is 2.98. The monoisotopic (exact) mass is 327 g/mol. The molecule has 5 nitrogen and oxygen atoms in total. The van der Waals surface area contributed by atoms with Crippen molar-refractivity contribution in [1.82, 2.24) is 14.4 Å². The van der Waals surface area contributed by atoms with Crippen LogP contribution in [-0.2, 0) is 24.8 Å². The predicted octanol–water partition coefficient (Wildman–Crippen LogP) is 2.01. The highest BCUT2D eigenvalue weighted by atomic mass is 16.3. The van der Waals surface area contributed by atoms with Crippen molar-refractivity contribution in [1.29, 1.82) is 0 Å². The van der Waals surface area contributed by atoms with Crippen LogP contribution in [0, 0.1) is 0 Å². The van der Waals surface area contributed by atoms with Crippen LogP contribution < -0.4 is 0 Å². The van der Waals surface area contributed by atoms with Gasteiger partial charge < -0.3 is 14.6 Å². The Morgan fingerprint density at radius 2 is 1.92 bits per heavy atom. The summed E-state index contributed by atoms with van der Waals surface area (Å²) in [6.07, 6.45) is 3.39. The van der Waals surface area contributed by atoms with Crippen molar-refractivity contribution < 1.29 is 9.90 Å². The van der Waals surface area contributed by atoms with E-state index in [1.165, 1.54) is 5.69 Å². The molecule has 1 fully saturated rings. The summed E-state index contributed by atoms with van der Waals surface area (Å²) in [6, 6.07) is 11.5. The number of piperazine rings is 1. The number of phenols is 1. The van der Waals surface area contributed by atoms with Crippen LogP contribution in [0.15, 0.2) is 42.6 Å². The summed E-state index contributed by atoms with van der Waals surface area (Å²) in [5.41, 5.74) is 2.31. The van der Waals surface area contributed by atoms with Gasteiger partial charge in [0.1, 0.15) is 5.75 Å². The fourth-order valence-electron chi connectivity index (χ4n) is 3.22. The Morgan fingerprint density at radius 3 is 2.58 bits per heavy atom. The molecular formula is C19H25N3O2. The first-order valence-electron chi connectivity index (χ1n) is 8.50. The highest BCUT2D eigenvalue weighted by molar-refractivity contribution is 5.76. The number of nitrogens with zero attached hydrogens (tertiary/aromatic N) is 3. The minimum absolute atomic E-state index is 0.244. The molecule has 1 amide bonds. The van der Waals surface area contributed by atoms with Gasteiger partial charge in [0.2, 0.25) is 5.91 Å². The van der Waals surface area contributed by atoms with Gasteiger partial charge in [-0.05, 0) is 36.2 Å². The van der Waals surface area contributed by atoms with Crippen molar-refractivity contribution in [2.75, 3.05) is 26.2 Å². The minimum atomic E-state index is 0.244. The number of phenolic OH excluding ortho intramolecular Hbond substituents is 1. The van der Waals surface area contributed by atoms with Crippen LogP contribution >= 0.6 is 0 Å². The lowest BCUT2D eigenvalue weighted by Gasteiger charge is -2.34. The molecule has 0 atom stereocenters. The standard InChI is InChI=1S/C19H25N3O2/c1-20-9-3-5-17(20)7-8-19(24)22-12-10-21(11-13-22)15-16-4-2-6-18(23)14-16/h2-6,9,14,23H,7-8,10-13,15H2,1H3. The van der Waals surface area contributed by atoms with Crippen molar-refractivity contribution in [2.45, 2.75) is 19.4 Å². The van der Waals surface area contributed by atoms with E-state index in [9.17, 15) is 9.90 Å². The van der Waals surface area contributed by atoms with Gasteiger partial charge in [-0.3, -0.25) is 9.69 Å². The summed E-state index contributed by atoms with van der Waals surface area (Å²) < 4.78 is 2.07. The van der Waals surface area contributed by atoms with Crippen molar-refractivity contribution in [2.24, 2.45) is 7.05 Å². The van der Waals surface area contributed by atoms with E-state index in [1.54, 1.807) is 12.1 Å². The Labute approximate surface area is 143 Å². The topological polar surface area (TPSA) is 48.7 Å². The van der Waals surface area contributed by atoms with Gasteiger partial charge in [-0.1, -0.05) is 12.1 Å². The van der Waals surface area contributed by atoms with E-state index in [0.29, 0.717) is 12.2 Å². The third-order valence-electron chi connectivity index (χ3n) is 4.69. The van der Waals surface area contributed by atoms with Gasteiger partial charge >= 0.3 is 0 Å². The second-order valence-corrected chi connectivity index (χ2v) is 6.44. The molecular weight excluding hydrogens is 302 g/mol. The van der Waals surface area contributed by atoms with E-state index >= 15 is 0 Å². The number of amides is 1. The van der Waals surface area contributed by atoms with Crippen LogP contribution in [0.2, 0.25) is 0 Å². The summed E-state index contributed by atoms with van der Waals surface area (Å²) in [7, 11) is 2.01. The SMILES string of the molecule is Cn1cccc1CCC(=O)N1CCN(Cc2cccc(O)c2)CC1. The molecule has 0 saturated carbocycles. The summed E-state index contributed by atoms with van der Waals surface area (Å²) in [5.74, 6) is 0.551. The number of aromatic nitrogens is 1. The number of hydrogen-bond acceptors (Lipinski definition) is 3. The average molecular weight is 327 g/mol. The maximum atomic E-state index is 12.4. The zero-order valence-electron chi connectivity index (χ0n) is 14.2. The second-order valence-electron chi connectivity index (χ2n) is 6.44. The first-order valence-corrected chi connectivity index (χ1v) is 8.50. The third-order valence-corrected chi connectivity index (χ3v) is 4.69. The van der Waals surface area contributed by atoms with Crippen molar-refractivity contribution in [3.05, 3.63) is 53.9 Å².